The molecule has 42 heavy (non-hydrogen) atoms. The molecule has 6 rings (SSSR count). The number of ether oxygens (including phenoxy) is 1. The van der Waals surface area contributed by atoms with Crippen LogP contribution in [0.25, 0.3) is 10.9 Å². The first-order valence-corrected chi connectivity index (χ1v) is 16.5. The van der Waals surface area contributed by atoms with Crippen LogP contribution in [-0.4, -0.2) is 71.4 Å². The van der Waals surface area contributed by atoms with Gasteiger partial charge in [-0.1, -0.05) is 63.4 Å². The summed E-state index contributed by atoms with van der Waals surface area (Å²) in [5, 5.41) is 5.17. The summed E-state index contributed by atoms with van der Waals surface area (Å²) in [6, 6.07) is 22.9. The molecule has 2 aliphatic heterocycles. The van der Waals surface area contributed by atoms with Crippen LogP contribution in [0.2, 0.25) is 5.02 Å². The van der Waals surface area contributed by atoms with E-state index in [9.17, 15) is 4.79 Å². The van der Waals surface area contributed by atoms with Gasteiger partial charge in [0.05, 0.1) is 19.3 Å². The molecule has 6 nitrogen and oxygen atoms in total. The smallest absolute Gasteiger partial charge is 0.238 e. The zero-order valence-corrected chi connectivity index (χ0v) is 26.9. The molecule has 0 radical (unpaired) electrons. The van der Waals surface area contributed by atoms with Gasteiger partial charge in [-0.3, -0.25) is 14.6 Å². The number of nitrogens with zero attached hydrogens (tertiary/aromatic N) is 2. The molecule has 2 unspecified atom stereocenters. The number of aromatic amines is 1. The SMILES string of the molecule is Cc1ccc(SC2(C(=O)NCCN3CCOCC3)CCN(Cc3ccc(Br)cc3)C2c2c[nH]c3cc(Cl)ccc23)cc1. The number of thioether (sulfide) groups is 1. The van der Waals surface area contributed by atoms with E-state index in [0.717, 1.165) is 78.2 Å². The molecule has 2 saturated heterocycles. The van der Waals surface area contributed by atoms with Gasteiger partial charge in [-0.2, -0.15) is 0 Å². The van der Waals surface area contributed by atoms with Crippen LogP contribution in [0.5, 0.6) is 0 Å². The molecular formula is C33H36BrClN4O2S. The van der Waals surface area contributed by atoms with Crippen LogP contribution < -0.4 is 5.32 Å². The summed E-state index contributed by atoms with van der Waals surface area (Å²) in [4.78, 5) is 24.0. The number of carbonyl (C=O) groups excluding carboxylic acids is 1. The number of aromatic nitrogens is 1. The molecule has 9 heteroatoms. The molecular weight excluding hydrogens is 632 g/mol. The minimum atomic E-state index is -0.732. The van der Waals surface area contributed by atoms with E-state index in [-0.39, 0.29) is 11.9 Å². The molecule has 1 amide bonds. The highest BCUT2D eigenvalue weighted by molar-refractivity contribution is 9.10. The van der Waals surface area contributed by atoms with Crippen molar-refractivity contribution in [3.63, 3.8) is 0 Å². The molecule has 2 fully saturated rings. The number of halogens is 2. The normalized spacial score (nSPS) is 21.6. The van der Waals surface area contributed by atoms with Gasteiger partial charge in [0.2, 0.25) is 5.91 Å². The van der Waals surface area contributed by atoms with E-state index in [1.54, 1.807) is 11.8 Å². The number of fused-ring (bicyclic) bond motifs is 1. The van der Waals surface area contributed by atoms with Gasteiger partial charge in [0.1, 0.15) is 4.75 Å². The Kier molecular flexibility index (Phi) is 9.29. The second-order valence-electron chi connectivity index (χ2n) is 11.2. The molecule has 2 atom stereocenters. The van der Waals surface area contributed by atoms with Gasteiger partial charge < -0.3 is 15.0 Å². The first-order chi connectivity index (χ1) is 20.4. The maximum absolute atomic E-state index is 14.6. The average Bonchev–Trinajstić information content (AvgIpc) is 3.56. The Bertz CT molecular complexity index is 1520. The third-order valence-corrected chi connectivity index (χ3v) is 10.6. The fraction of sp³-hybridized carbons (Fsp3) is 0.364. The Morgan fingerprint density at radius 2 is 1.86 bits per heavy atom. The summed E-state index contributed by atoms with van der Waals surface area (Å²) in [6.07, 6.45) is 2.81. The highest BCUT2D eigenvalue weighted by atomic mass is 79.9. The van der Waals surface area contributed by atoms with E-state index in [1.807, 2.05) is 12.1 Å². The van der Waals surface area contributed by atoms with Crippen molar-refractivity contribution >= 4 is 56.1 Å². The van der Waals surface area contributed by atoms with Crippen molar-refractivity contribution in [3.05, 3.63) is 99.1 Å². The molecule has 1 aromatic heterocycles. The Labute approximate surface area is 265 Å². The lowest BCUT2D eigenvalue weighted by molar-refractivity contribution is -0.124. The van der Waals surface area contributed by atoms with Crippen LogP contribution in [0.4, 0.5) is 0 Å². The number of H-pyrrole nitrogens is 1. The summed E-state index contributed by atoms with van der Waals surface area (Å²) in [5.41, 5.74) is 4.53. The summed E-state index contributed by atoms with van der Waals surface area (Å²) in [6.45, 7) is 8.38. The highest BCUT2D eigenvalue weighted by Crippen LogP contribution is 2.54. The summed E-state index contributed by atoms with van der Waals surface area (Å²) < 4.78 is 5.84. The molecule has 220 valence electrons. The number of hydrogen-bond acceptors (Lipinski definition) is 5. The maximum atomic E-state index is 14.6. The van der Waals surface area contributed by atoms with Crippen molar-refractivity contribution in [1.82, 2.24) is 20.1 Å². The zero-order valence-electron chi connectivity index (χ0n) is 23.7. The molecule has 4 aromatic rings. The Hall–Kier alpha value is -2.33. The first kappa shape index (κ1) is 29.7. The van der Waals surface area contributed by atoms with Crippen molar-refractivity contribution in [2.45, 2.75) is 35.6 Å². The fourth-order valence-corrected chi connectivity index (χ4v) is 8.04. The maximum Gasteiger partial charge on any atom is 0.238 e. The number of morpholine rings is 1. The van der Waals surface area contributed by atoms with Gasteiger partial charge in [-0.15, -0.1) is 11.8 Å². The van der Waals surface area contributed by atoms with Gasteiger partial charge in [0.25, 0.3) is 0 Å². The Morgan fingerprint density at radius 1 is 1.10 bits per heavy atom. The quantitative estimate of drug-likeness (QED) is 0.205. The van der Waals surface area contributed by atoms with Crippen LogP contribution in [0.3, 0.4) is 0 Å². The second-order valence-corrected chi connectivity index (χ2v) is 14.0. The van der Waals surface area contributed by atoms with Crippen LogP contribution in [0.15, 0.2) is 82.3 Å². The number of nitrogens with one attached hydrogen (secondary N) is 2. The van der Waals surface area contributed by atoms with E-state index in [2.05, 4.69) is 104 Å². The van der Waals surface area contributed by atoms with E-state index < -0.39 is 4.75 Å². The number of likely N-dealkylation sites (tertiary alicyclic amines) is 1. The van der Waals surface area contributed by atoms with Gasteiger partial charge in [0, 0.05) is 70.8 Å². The van der Waals surface area contributed by atoms with Gasteiger partial charge in [-0.05, 0) is 60.9 Å². The van der Waals surface area contributed by atoms with Crippen molar-refractivity contribution in [2.75, 3.05) is 45.9 Å². The molecule has 0 aliphatic carbocycles. The van der Waals surface area contributed by atoms with Crippen molar-refractivity contribution in [3.8, 4) is 0 Å². The lowest BCUT2D eigenvalue weighted by Gasteiger charge is -2.37. The standard InChI is InChI=1S/C33H36BrClN4O2S/c1-23-2-9-27(10-3-23)42-33(32(40)36-13-15-38-16-18-41-19-17-38)12-14-39(22-24-4-6-25(34)7-5-24)31(33)29-21-37-30-20-26(35)8-11-28(29)30/h2-11,20-21,31,37H,12-19,22H2,1H3,(H,36,40). The largest absolute Gasteiger partial charge is 0.379 e. The number of benzene rings is 3. The average molecular weight is 668 g/mol. The molecule has 3 heterocycles. The van der Waals surface area contributed by atoms with Crippen LogP contribution in [0, 0.1) is 6.92 Å². The molecule has 3 aromatic carbocycles. The summed E-state index contributed by atoms with van der Waals surface area (Å²) in [7, 11) is 0. The molecule has 0 bridgehead atoms. The van der Waals surface area contributed by atoms with Crippen LogP contribution in [-0.2, 0) is 16.1 Å². The van der Waals surface area contributed by atoms with Gasteiger partial charge in [0.15, 0.2) is 0 Å². The van der Waals surface area contributed by atoms with Crippen molar-refractivity contribution in [2.24, 2.45) is 0 Å². The molecule has 2 N–H and O–H groups in total. The third-order valence-electron chi connectivity index (χ3n) is 8.37. The predicted molar refractivity (Wildman–Crippen MR) is 175 cm³/mol. The number of rotatable bonds is 9. The minimum Gasteiger partial charge on any atom is -0.379 e. The van der Waals surface area contributed by atoms with Gasteiger partial charge >= 0.3 is 0 Å². The second kappa shape index (κ2) is 13.1. The van der Waals surface area contributed by atoms with Crippen molar-refractivity contribution < 1.29 is 9.53 Å². The van der Waals surface area contributed by atoms with E-state index in [0.29, 0.717) is 11.6 Å². The van der Waals surface area contributed by atoms with Crippen LogP contribution in [0.1, 0.15) is 29.2 Å². The fourth-order valence-electron chi connectivity index (χ4n) is 6.17. The monoisotopic (exact) mass is 666 g/mol. The lowest BCUT2D eigenvalue weighted by Crippen LogP contribution is -2.50. The number of amides is 1. The summed E-state index contributed by atoms with van der Waals surface area (Å²) >= 11 is 11.6. The summed E-state index contributed by atoms with van der Waals surface area (Å²) in [5.74, 6) is 0.0907. The third kappa shape index (κ3) is 6.44. The zero-order chi connectivity index (χ0) is 29.1. The minimum absolute atomic E-state index is 0.0907. The Balaban J connectivity index is 1.39. The lowest BCUT2D eigenvalue weighted by atomic mass is 9.91. The topological polar surface area (TPSA) is 60.6 Å². The number of aryl methyl sites for hydroxylation is 1. The number of hydrogen-bond donors (Lipinski definition) is 2. The molecule has 2 aliphatic rings. The number of carbonyl (C=O) groups is 1. The first-order valence-electron chi connectivity index (χ1n) is 14.5. The Morgan fingerprint density at radius 3 is 2.62 bits per heavy atom. The van der Waals surface area contributed by atoms with Gasteiger partial charge in [-0.25, -0.2) is 0 Å². The molecule has 0 saturated carbocycles. The van der Waals surface area contributed by atoms with E-state index in [4.69, 9.17) is 16.3 Å². The predicted octanol–water partition coefficient (Wildman–Crippen LogP) is 6.82. The molecule has 0 spiro atoms. The van der Waals surface area contributed by atoms with Crippen molar-refractivity contribution in [1.29, 1.82) is 0 Å². The van der Waals surface area contributed by atoms with Crippen LogP contribution >= 0.6 is 39.3 Å². The van der Waals surface area contributed by atoms with E-state index >= 15 is 0 Å². The van der Waals surface area contributed by atoms with E-state index in [1.165, 1.54) is 11.1 Å². The highest BCUT2D eigenvalue weighted by Gasteiger charge is 2.54.